The Kier molecular flexibility index (Phi) is 3.61. The maximum atomic E-state index is 5.40. The molecular formula is C8H16O2. The fraction of sp³-hybridized carbons (Fsp3) is 0.750. The van der Waals surface area contributed by atoms with Gasteiger partial charge in [-0.3, -0.25) is 0 Å². The zero-order valence-electron chi connectivity index (χ0n) is 7.18. The predicted octanol–water partition coefficient (Wildman–Crippen LogP) is 1.96. The van der Waals surface area contributed by atoms with Crippen molar-refractivity contribution in [1.29, 1.82) is 0 Å². The zero-order valence-corrected chi connectivity index (χ0v) is 7.18. The summed E-state index contributed by atoms with van der Waals surface area (Å²) < 4.78 is 10.4. The first-order valence-electron chi connectivity index (χ1n) is 3.37. The molecule has 2 heteroatoms. The molecule has 0 saturated carbocycles. The Morgan fingerprint density at radius 1 is 1.50 bits per heavy atom. The lowest BCUT2D eigenvalue weighted by Gasteiger charge is -2.25. The van der Waals surface area contributed by atoms with E-state index in [9.17, 15) is 0 Å². The van der Waals surface area contributed by atoms with Crippen LogP contribution in [-0.4, -0.2) is 19.0 Å². The van der Waals surface area contributed by atoms with Gasteiger partial charge in [-0.1, -0.05) is 6.08 Å². The molecule has 0 spiro atoms. The van der Waals surface area contributed by atoms with E-state index in [1.165, 1.54) is 0 Å². The molecule has 0 aliphatic rings. The van der Waals surface area contributed by atoms with E-state index >= 15 is 0 Å². The molecule has 0 aliphatic heterocycles. The molecule has 0 fully saturated rings. The van der Waals surface area contributed by atoms with Gasteiger partial charge >= 0.3 is 0 Å². The molecule has 2 nitrogen and oxygen atoms in total. The molecule has 0 aromatic carbocycles. The van der Waals surface area contributed by atoms with Crippen LogP contribution in [0.25, 0.3) is 0 Å². The summed E-state index contributed by atoms with van der Waals surface area (Å²) in [4.78, 5) is 0. The Morgan fingerprint density at radius 3 is 2.30 bits per heavy atom. The molecule has 1 atom stereocenters. The van der Waals surface area contributed by atoms with Gasteiger partial charge in [0.2, 0.25) is 0 Å². The molecule has 60 valence electrons. The Labute approximate surface area is 62.8 Å². The number of rotatable bonds is 4. The third kappa shape index (κ3) is 3.64. The van der Waals surface area contributed by atoms with Crippen LogP contribution in [0, 0.1) is 0 Å². The van der Waals surface area contributed by atoms with Crippen molar-refractivity contribution in [2.24, 2.45) is 0 Å². The first-order valence-corrected chi connectivity index (χ1v) is 3.37. The van der Waals surface area contributed by atoms with Crippen molar-refractivity contribution in [1.82, 2.24) is 0 Å². The summed E-state index contributed by atoms with van der Waals surface area (Å²) in [6.45, 7) is 9.26. The molecule has 0 aliphatic carbocycles. The van der Waals surface area contributed by atoms with E-state index in [4.69, 9.17) is 9.47 Å². The summed E-state index contributed by atoms with van der Waals surface area (Å²) in [5.74, 6) is -0.506. The van der Waals surface area contributed by atoms with Crippen molar-refractivity contribution in [3.05, 3.63) is 12.7 Å². The Hall–Kier alpha value is -0.340. The summed E-state index contributed by atoms with van der Waals surface area (Å²) in [5.41, 5.74) is 0. The van der Waals surface area contributed by atoms with Crippen molar-refractivity contribution < 1.29 is 9.47 Å². The molecule has 0 rings (SSSR count). The van der Waals surface area contributed by atoms with E-state index in [-0.39, 0.29) is 6.10 Å². The van der Waals surface area contributed by atoms with Crippen LogP contribution in [0.5, 0.6) is 0 Å². The van der Waals surface area contributed by atoms with Crippen LogP contribution in [0.4, 0.5) is 0 Å². The highest BCUT2D eigenvalue weighted by Gasteiger charge is 2.18. The molecule has 0 saturated heterocycles. The van der Waals surface area contributed by atoms with Crippen LogP contribution in [-0.2, 0) is 9.47 Å². The number of hydrogen-bond acceptors (Lipinski definition) is 2. The Bertz CT molecular complexity index is 108. The third-order valence-electron chi connectivity index (χ3n) is 1.29. The summed E-state index contributed by atoms with van der Waals surface area (Å²) in [7, 11) is 1.62. The molecule has 0 aromatic heterocycles. The first-order chi connectivity index (χ1) is 4.52. The average molecular weight is 144 g/mol. The van der Waals surface area contributed by atoms with Gasteiger partial charge < -0.3 is 9.47 Å². The normalized spacial score (nSPS) is 14.8. The van der Waals surface area contributed by atoms with Crippen LogP contribution in [0.15, 0.2) is 12.7 Å². The van der Waals surface area contributed by atoms with E-state index in [0.717, 1.165) is 0 Å². The molecular weight excluding hydrogens is 128 g/mol. The van der Waals surface area contributed by atoms with Crippen molar-refractivity contribution >= 4 is 0 Å². The number of ether oxygens (including phenoxy) is 2. The molecule has 0 bridgehead atoms. The van der Waals surface area contributed by atoms with E-state index in [1.54, 1.807) is 13.2 Å². The number of hydrogen-bond donors (Lipinski definition) is 0. The summed E-state index contributed by atoms with van der Waals surface area (Å²) in [6.07, 6.45) is 1.77. The molecule has 10 heavy (non-hydrogen) atoms. The highest BCUT2D eigenvalue weighted by atomic mass is 16.7. The second-order valence-corrected chi connectivity index (χ2v) is 2.66. The van der Waals surface area contributed by atoms with E-state index in [0.29, 0.717) is 0 Å². The van der Waals surface area contributed by atoms with Gasteiger partial charge in [0.1, 0.15) is 0 Å². The molecule has 0 unspecified atom stereocenters. The van der Waals surface area contributed by atoms with Gasteiger partial charge in [0.05, 0.1) is 6.10 Å². The summed E-state index contributed by atoms with van der Waals surface area (Å²) in [5, 5.41) is 0. The van der Waals surface area contributed by atoms with Crippen LogP contribution >= 0.6 is 0 Å². The Morgan fingerprint density at radius 2 is 2.00 bits per heavy atom. The van der Waals surface area contributed by atoms with Crippen molar-refractivity contribution in [3.63, 3.8) is 0 Å². The largest absolute Gasteiger partial charge is 0.354 e. The average Bonchev–Trinajstić information content (AvgIpc) is 1.87. The van der Waals surface area contributed by atoms with Gasteiger partial charge in [0.25, 0.3) is 0 Å². The first kappa shape index (κ1) is 9.66. The van der Waals surface area contributed by atoms with Crippen LogP contribution in [0.3, 0.4) is 0 Å². The maximum absolute atomic E-state index is 5.40. The molecule has 0 radical (unpaired) electrons. The molecule has 0 amide bonds. The minimum atomic E-state index is -0.506. The lowest BCUT2D eigenvalue weighted by molar-refractivity contribution is -0.210. The fourth-order valence-electron chi connectivity index (χ4n) is 0.544. The predicted molar refractivity (Wildman–Crippen MR) is 41.8 cm³/mol. The minimum Gasteiger partial charge on any atom is -0.354 e. The highest BCUT2D eigenvalue weighted by Crippen LogP contribution is 2.12. The van der Waals surface area contributed by atoms with Gasteiger partial charge in [-0.15, -0.1) is 6.58 Å². The van der Waals surface area contributed by atoms with Gasteiger partial charge in [-0.25, -0.2) is 0 Å². The van der Waals surface area contributed by atoms with Crippen LogP contribution in [0.1, 0.15) is 20.8 Å². The topological polar surface area (TPSA) is 18.5 Å². The van der Waals surface area contributed by atoms with E-state index in [2.05, 4.69) is 6.58 Å². The molecule has 0 N–H and O–H groups in total. The lowest BCUT2D eigenvalue weighted by Crippen LogP contribution is -2.30. The quantitative estimate of drug-likeness (QED) is 0.443. The van der Waals surface area contributed by atoms with Gasteiger partial charge in [0, 0.05) is 7.11 Å². The monoisotopic (exact) mass is 144 g/mol. The highest BCUT2D eigenvalue weighted by molar-refractivity contribution is 4.76. The van der Waals surface area contributed by atoms with Crippen LogP contribution in [0.2, 0.25) is 0 Å². The number of methoxy groups -OCH3 is 1. The second-order valence-electron chi connectivity index (χ2n) is 2.66. The van der Waals surface area contributed by atoms with E-state index in [1.807, 2.05) is 20.8 Å². The van der Waals surface area contributed by atoms with Gasteiger partial charge in [-0.05, 0) is 20.8 Å². The maximum Gasteiger partial charge on any atom is 0.163 e. The van der Waals surface area contributed by atoms with Gasteiger partial charge in [0.15, 0.2) is 5.79 Å². The van der Waals surface area contributed by atoms with Gasteiger partial charge in [-0.2, -0.15) is 0 Å². The van der Waals surface area contributed by atoms with Crippen LogP contribution < -0.4 is 0 Å². The third-order valence-corrected chi connectivity index (χ3v) is 1.29. The van der Waals surface area contributed by atoms with Crippen molar-refractivity contribution in [2.75, 3.05) is 7.11 Å². The SMILES string of the molecule is C=C[C@H](C)OC(C)(C)OC. The smallest absolute Gasteiger partial charge is 0.163 e. The summed E-state index contributed by atoms with van der Waals surface area (Å²) in [6, 6.07) is 0. The Balaban J connectivity index is 3.75. The zero-order chi connectivity index (χ0) is 8.20. The van der Waals surface area contributed by atoms with Crippen molar-refractivity contribution in [2.45, 2.75) is 32.7 Å². The lowest BCUT2D eigenvalue weighted by atomic mass is 10.3. The minimum absolute atomic E-state index is 0.0370. The summed E-state index contributed by atoms with van der Waals surface area (Å²) >= 11 is 0. The molecule has 0 aromatic rings. The van der Waals surface area contributed by atoms with E-state index < -0.39 is 5.79 Å². The second kappa shape index (κ2) is 3.74. The fourth-order valence-corrected chi connectivity index (χ4v) is 0.544. The standard InChI is InChI=1S/C8H16O2/c1-6-7(2)10-8(3,4)9-5/h6-7H,1H2,2-5H3/t7-/m0/s1. The molecule has 0 heterocycles. The van der Waals surface area contributed by atoms with Crippen molar-refractivity contribution in [3.8, 4) is 0 Å².